The minimum absolute atomic E-state index is 0.150. The molecule has 1 fully saturated rings. The van der Waals surface area contributed by atoms with Gasteiger partial charge in [0.1, 0.15) is 0 Å². The maximum absolute atomic E-state index is 11.6. The first kappa shape index (κ1) is 12.8. The number of carbonyl (C=O) groups is 1. The molecule has 0 aromatic rings. The van der Waals surface area contributed by atoms with Gasteiger partial charge in [0.25, 0.3) is 0 Å². The first-order valence-electron chi connectivity index (χ1n) is 5.41. The van der Waals surface area contributed by atoms with Crippen LogP contribution in [0.1, 0.15) is 20.3 Å². The largest absolute Gasteiger partial charge is 0.341 e. The van der Waals surface area contributed by atoms with Crippen LogP contribution in [0.25, 0.3) is 0 Å². The molecule has 1 aliphatic rings. The highest BCUT2D eigenvalue weighted by molar-refractivity contribution is 7.81. The van der Waals surface area contributed by atoms with Crippen molar-refractivity contribution in [1.82, 2.24) is 9.80 Å². The van der Waals surface area contributed by atoms with Gasteiger partial charge in [0.05, 0.1) is 0 Å². The highest BCUT2D eigenvalue weighted by atomic mass is 32.1. The normalized spacial score (nSPS) is 22.9. The van der Waals surface area contributed by atoms with Gasteiger partial charge in [-0.1, -0.05) is 13.8 Å². The summed E-state index contributed by atoms with van der Waals surface area (Å²) in [7, 11) is 4.13. The summed E-state index contributed by atoms with van der Waals surface area (Å²) in [6, 6.07) is 0. The Morgan fingerprint density at radius 1 is 1.53 bits per heavy atom. The number of likely N-dealkylation sites (tertiary alicyclic amines) is 1. The van der Waals surface area contributed by atoms with E-state index in [0.29, 0.717) is 6.42 Å². The minimum Gasteiger partial charge on any atom is -0.341 e. The van der Waals surface area contributed by atoms with E-state index < -0.39 is 0 Å². The molecule has 1 aliphatic heterocycles. The van der Waals surface area contributed by atoms with Gasteiger partial charge in [0.2, 0.25) is 5.91 Å². The van der Waals surface area contributed by atoms with E-state index in [-0.39, 0.29) is 16.6 Å². The van der Waals surface area contributed by atoms with Gasteiger partial charge in [-0.3, -0.25) is 4.79 Å². The number of nitrogens with zero attached hydrogens (tertiary/aromatic N) is 2. The molecule has 1 unspecified atom stereocenters. The molecule has 1 saturated heterocycles. The van der Waals surface area contributed by atoms with Gasteiger partial charge in [-0.15, -0.1) is 0 Å². The Labute approximate surface area is 98.2 Å². The Hall–Kier alpha value is -0.220. The lowest BCUT2D eigenvalue weighted by atomic mass is 9.92. The first-order chi connectivity index (χ1) is 6.80. The topological polar surface area (TPSA) is 23.6 Å². The highest BCUT2D eigenvalue weighted by Gasteiger charge is 2.31. The average Bonchev–Trinajstić information content (AvgIpc) is 2.25. The fourth-order valence-corrected chi connectivity index (χ4v) is 2.68. The molecule has 3 nitrogen and oxygen atoms in total. The fraction of sp³-hybridized carbons (Fsp3) is 0.909. The van der Waals surface area contributed by atoms with E-state index in [0.717, 1.165) is 19.6 Å². The SMILES string of the molecule is CN(C)CC(C)(C)CN1CC(S)CC1=O. The lowest BCUT2D eigenvalue weighted by Crippen LogP contribution is -2.41. The van der Waals surface area contributed by atoms with Gasteiger partial charge in [-0.05, 0) is 19.5 Å². The van der Waals surface area contributed by atoms with Crippen molar-refractivity contribution < 1.29 is 4.79 Å². The molecule has 4 heteroatoms. The molecule has 0 bridgehead atoms. The molecule has 0 saturated carbocycles. The molecule has 0 spiro atoms. The Morgan fingerprint density at radius 2 is 2.13 bits per heavy atom. The number of carbonyl (C=O) groups excluding carboxylic acids is 1. The van der Waals surface area contributed by atoms with Crippen LogP contribution in [0.15, 0.2) is 0 Å². The average molecular weight is 230 g/mol. The van der Waals surface area contributed by atoms with E-state index in [2.05, 4.69) is 45.5 Å². The second kappa shape index (κ2) is 4.74. The van der Waals surface area contributed by atoms with E-state index in [4.69, 9.17) is 0 Å². The molecule has 0 N–H and O–H groups in total. The molecule has 88 valence electrons. The van der Waals surface area contributed by atoms with Crippen LogP contribution in [0, 0.1) is 5.41 Å². The second-order valence-electron chi connectivity index (χ2n) is 5.53. The lowest BCUT2D eigenvalue weighted by molar-refractivity contribution is -0.129. The summed E-state index contributed by atoms with van der Waals surface area (Å²) in [5.41, 5.74) is 0.150. The van der Waals surface area contributed by atoms with Crippen LogP contribution < -0.4 is 0 Å². The van der Waals surface area contributed by atoms with Crippen LogP contribution >= 0.6 is 12.6 Å². The lowest BCUT2D eigenvalue weighted by Gasteiger charge is -2.32. The van der Waals surface area contributed by atoms with E-state index in [1.54, 1.807) is 0 Å². The zero-order valence-corrected chi connectivity index (χ0v) is 11.1. The van der Waals surface area contributed by atoms with Crippen molar-refractivity contribution in [3.05, 3.63) is 0 Å². The summed E-state index contributed by atoms with van der Waals surface area (Å²) in [5.74, 6) is 0.252. The summed E-state index contributed by atoms with van der Waals surface area (Å²) in [6.45, 7) is 7.03. The van der Waals surface area contributed by atoms with Gasteiger partial charge < -0.3 is 9.80 Å². The number of hydrogen-bond donors (Lipinski definition) is 1. The molecule has 0 aliphatic carbocycles. The van der Waals surface area contributed by atoms with Crippen LogP contribution in [-0.2, 0) is 4.79 Å². The summed E-state index contributed by atoms with van der Waals surface area (Å²) >= 11 is 4.36. The second-order valence-corrected chi connectivity index (χ2v) is 6.26. The molecular formula is C11H22N2OS. The smallest absolute Gasteiger partial charge is 0.223 e. The quantitative estimate of drug-likeness (QED) is 0.731. The molecule has 1 rings (SSSR count). The first-order valence-corrected chi connectivity index (χ1v) is 5.92. The van der Waals surface area contributed by atoms with E-state index in [1.807, 2.05) is 4.90 Å². The van der Waals surface area contributed by atoms with Crippen LogP contribution in [-0.4, -0.2) is 54.7 Å². The number of hydrogen-bond acceptors (Lipinski definition) is 3. The standard InChI is InChI=1S/C11H22N2OS/c1-11(2,7-12(3)4)8-13-6-9(15)5-10(13)14/h9,15H,5-8H2,1-4H3. The molecule has 1 heterocycles. The summed E-state index contributed by atoms with van der Waals surface area (Å²) < 4.78 is 0. The predicted octanol–water partition coefficient (Wildman–Crippen LogP) is 1.10. The van der Waals surface area contributed by atoms with Crippen molar-refractivity contribution in [2.45, 2.75) is 25.5 Å². The zero-order chi connectivity index (χ0) is 11.6. The summed E-state index contributed by atoms with van der Waals surface area (Å²) in [6.07, 6.45) is 0.598. The number of amides is 1. The fourth-order valence-electron chi connectivity index (χ4n) is 2.33. The van der Waals surface area contributed by atoms with Crippen LogP contribution in [0.4, 0.5) is 0 Å². The molecule has 0 aromatic heterocycles. The third-order valence-corrected chi connectivity index (χ3v) is 2.90. The molecule has 0 aromatic carbocycles. The Bertz CT molecular complexity index is 241. The monoisotopic (exact) mass is 230 g/mol. The minimum atomic E-state index is 0.150. The zero-order valence-electron chi connectivity index (χ0n) is 10.2. The van der Waals surface area contributed by atoms with Gasteiger partial charge >= 0.3 is 0 Å². The molecule has 15 heavy (non-hydrogen) atoms. The van der Waals surface area contributed by atoms with Crippen molar-refractivity contribution in [3.8, 4) is 0 Å². The van der Waals surface area contributed by atoms with Crippen LogP contribution in [0.2, 0.25) is 0 Å². The third-order valence-electron chi connectivity index (χ3n) is 2.56. The van der Waals surface area contributed by atoms with Crippen molar-refractivity contribution in [2.24, 2.45) is 5.41 Å². The molecular weight excluding hydrogens is 208 g/mol. The van der Waals surface area contributed by atoms with E-state index >= 15 is 0 Å². The molecule has 1 atom stereocenters. The Balaban J connectivity index is 2.50. The van der Waals surface area contributed by atoms with E-state index in [9.17, 15) is 4.79 Å². The van der Waals surface area contributed by atoms with Gasteiger partial charge in [0.15, 0.2) is 0 Å². The molecule has 1 amide bonds. The Kier molecular flexibility index (Phi) is 4.06. The van der Waals surface area contributed by atoms with E-state index in [1.165, 1.54) is 0 Å². The van der Waals surface area contributed by atoms with Gasteiger partial charge in [-0.2, -0.15) is 12.6 Å². The molecule has 0 radical (unpaired) electrons. The summed E-state index contributed by atoms with van der Waals surface area (Å²) in [4.78, 5) is 15.7. The number of rotatable bonds is 4. The van der Waals surface area contributed by atoms with Gasteiger partial charge in [0, 0.05) is 31.3 Å². The maximum Gasteiger partial charge on any atom is 0.223 e. The van der Waals surface area contributed by atoms with Crippen molar-refractivity contribution >= 4 is 18.5 Å². The summed E-state index contributed by atoms with van der Waals surface area (Å²) in [5, 5.41) is 0.229. The van der Waals surface area contributed by atoms with Crippen molar-refractivity contribution in [2.75, 3.05) is 33.7 Å². The van der Waals surface area contributed by atoms with Crippen LogP contribution in [0.5, 0.6) is 0 Å². The highest BCUT2D eigenvalue weighted by Crippen LogP contribution is 2.23. The number of thiol groups is 1. The van der Waals surface area contributed by atoms with Crippen LogP contribution in [0.3, 0.4) is 0 Å². The van der Waals surface area contributed by atoms with Crippen molar-refractivity contribution in [1.29, 1.82) is 0 Å². The Morgan fingerprint density at radius 3 is 2.53 bits per heavy atom. The predicted molar refractivity (Wildman–Crippen MR) is 66.3 cm³/mol. The maximum atomic E-state index is 11.6. The third kappa shape index (κ3) is 4.03. The van der Waals surface area contributed by atoms with Gasteiger partial charge in [-0.25, -0.2) is 0 Å². The van der Waals surface area contributed by atoms with Crippen molar-refractivity contribution in [3.63, 3.8) is 0 Å².